The zero-order chi connectivity index (χ0) is 13.9. The van der Waals surface area contributed by atoms with E-state index in [9.17, 15) is 4.79 Å². The van der Waals surface area contributed by atoms with Crippen LogP contribution in [-0.2, 0) is 4.79 Å². The Morgan fingerprint density at radius 1 is 1.20 bits per heavy atom. The maximum absolute atomic E-state index is 11.1. The third-order valence-corrected chi connectivity index (χ3v) is 2.69. The Morgan fingerprint density at radius 2 is 2.00 bits per heavy atom. The van der Waals surface area contributed by atoms with E-state index in [1.54, 1.807) is 6.20 Å². The SMILES string of the molecule is CC(=O)Nc1c[nH]nc1-c1nc(-c2ccccc2)n[nH]1. The van der Waals surface area contributed by atoms with Gasteiger partial charge >= 0.3 is 0 Å². The van der Waals surface area contributed by atoms with E-state index in [4.69, 9.17) is 0 Å². The molecule has 3 rings (SSSR count). The van der Waals surface area contributed by atoms with Crippen molar-refractivity contribution in [1.29, 1.82) is 0 Å². The minimum absolute atomic E-state index is 0.171. The molecule has 1 aromatic carbocycles. The summed E-state index contributed by atoms with van der Waals surface area (Å²) < 4.78 is 0. The number of aromatic amines is 2. The highest BCUT2D eigenvalue weighted by atomic mass is 16.1. The number of nitrogens with one attached hydrogen (secondary N) is 3. The molecule has 7 heteroatoms. The maximum Gasteiger partial charge on any atom is 0.221 e. The van der Waals surface area contributed by atoms with Crippen LogP contribution in [0.2, 0.25) is 0 Å². The van der Waals surface area contributed by atoms with E-state index in [0.29, 0.717) is 23.0 Å². The zero-order valence-electron chi connectivity index (χ0n) is 10.7. The van der Waals surface area contributed by atoms with Crippen LogP contribution in [0.4, 0.5) is 5.69 Å². The molecule has 0 bridgehead atoms. The standard InChI is InChI=1S/C13H12N6O/c1-8(20)15-10-7-14-17-11(10)13-16-12(18-19-13)9-5-3-2-4-6-9/h2-7H,1H3,(H,14,17)(H,15,20)(H,16,18,19). The molecule has 3 N–H and O–H groups in total. The van der Waals surface area contributed by atoms with Gasteiger partial charge in [-0.1, -0.05) is 30.3 Å². The molecule has 0 saturated carbocycles. The van der Waals surface area contributed by atoms with Crippen molar-refractivity contribution in [3.8, 4) is 22.9 Å². The summed E-state index contributed by atoms with van der Waals surface area (Å²) >= 11 is 0. The number of carbonyl (C=O) groups excluding carboxylic acids is 1. The molecule has 7 nitrogen and oxygen atoms in total. The van der Waals surface area contributed by atoms with Crippen molar-refractivity contribution in [2.45, 2.75) is 6.92 Å². The first kappa shape index (κ1) is 12.1. The smallest absolute Gasteiger partial charge is 0.221 e. The predicted molar refractivity (Wildman–Crippen MR) is 73.7 cm³/mol. The average molecular weight is 268 g/mol. The third-order valence-electron chi connectivity index (χ3n) is 2.69. The highest BCUT2D eigenvalue weighted by Gasteiger charge is 2.14. The number of benzene rings is 1. The Labute approximate surface area is 114 Å². The number of hydrogen-bond acceptors (Lipinski definition) is 4. The summed E-state index contributed by atoms with van der Waals surface area (Å²) in [7, 11) is 0. The number of amides is 1. The van der Waals surface area contributed by atoms with E-state index in [1.165, 1.54) is 6.92 Å². The van der Waals surface area contributed by atoms with Gasteiger partial charge in [-0.2, -0.15) is 10.2 Å². The summed E-state index contributed by atoms with van der Waals surface area (Å²) in [5, 5.41) is 16.4. The van der Waals surface area contributed by atoms with Crippen LogP contribution >= 0.6 is 0 Å². The molecule has 0 saturated heterocycles. The topological polar surface area (TPSA) is 99.3 Å². The molecular weight excluding hydrogens is 256 g/mol. The lowest BCUT2D eigenvalue weighted by Crippen LogP contribution is -2.06. The van der Waals surface area contributed by atoms with Gasteiger partial charge in [-0.05, 0) is 0 Å². The third kappa shape index (κ3) is 2.28. The normalized spacial score (nSPS) is 10.4. The largest absolute Gasteiger partial charge is 0.323 e. The fourth-order valence-electron chi connectivity index (χ4n) is 1.84. The highest BCUT2D eigenvalue weighted by molar-refractivity contribution is 5.92. The van der Waals surface area contributed by atoms with Gasteiger partial charge in [-0.15, -0.1) is 0 Å². The first-order valence-corrected chi connectivity index (χ1v) is 6.03. The summed E-state index contributed by atoms with van der Waals surface area (Å²) in [5.41, 5.74) is 2.00. The van der Waals surface area contributed by atoms with E-state index in [-0.39, 0.29) is 5.91 Å². The Kier molecular flexibility index (Phi) is 3.00. The van der Waals surface area contributed by atoms with Gasteiger partial charge in [-0.25, -0.2) is 4.98 Å². The van der Waals surface area contributed by atoms with Gasteiger partial charge in [0.15, 0.2) is 17.3 Å². The van der Waals surface area contributed by atoms with Crippen molar-refractivity contribution < 1.29 is 4.79 Å². The number of anilines is 1. The van der Waals surface area contributed by atoms with E-state index >= 15 is 0 Å². The van der Waals surface area contributed by atoms with E-state index in [1.807, 2.05) is 30.3 Å². The molecule has 0 atom stereocenters. The number of aromatic nitrogens is 5. The van der Waals surface area contributed by atoms with Gasteiger partial charge in [-0.3, -0.25) is 15.0 Å². The van der Waals surface area contributed by atoms with Crippen molar-refractivity contribution in [3.63, 3.8) is 0 Å². The lowest BCUT2D eigenvalue weighted by molar-refractivity contribution is -0.114. The monoisotopic (exact) mass is 268 g/mol. The van der Waals surface area contributed by atoms with Crippen molar-refractivity contribution in [2.24, 2.45) is 0 Å². The molecule has 2 aromatic heterocycles. The van der Waals surface area contributed by atoms with Crippen molar-refractivity contribution in [1.82, 2.24) is 25.4 Å². The van der Waals surface area contributed by atoms with E-state index in [2.05, 4.69) is 30.7 Å². The van der Waals surface area contributed by atoms with E-state index in [0.717, 1.165) is 5.56 Å². The minimum atomic E-state index is -0.171. The van der Waals surface area contributed by atoms with Crippen LogP contribution in [0.25, 0.3) is 22.9 Å². The average Bonchev–Trinajstić information content (AvgIpc) is 3.07. The predicted octanol–water partition coefficient (Wildman–Crippen LogP) is 1.82. The second-order valence-electron chi connectivity index (χ2n) is 4.20. The minimum Gasteiger partial charge on any atom is -0.323 e. The van der Waals surface area contributed by atoms with Gasteiger partial charge in [0, 0.05) is 18.7 Å². The summed E-state index contributed by atoms with van der Waals surface area (Å²) in [6.45, 7) is 1.44. The van der Waals surface area contributed by atoms with Crippen LogP contribution < -0.4 is 5.32 Å². The number of H-pyrrole nitrogens is 2. The number of hydrogen-bond donors (Lipinski definition) is 3. The second-order valence-corrected chi connectivity index (χ2v) is 4.20. The molecule has 0 radical (unpaired) electrons. The molecule has 100 valence electrons. The van der Waals surface area contributed by atoms with Crippen molar-refractivity contribution >= 4 is 11.6 Å². The summed E-state index contributed by atoms with van der Waals surface area (Å²) in [6.07, 6.45) is 1.60. The lowest BCUT2D eigenvalue weighted by atomic mass is 10.2. The first-order chi connectivity index (χ1) is 9.74. The molecule has 0 fully saturated rings. The molecule has 20 heavy (non-hydrogen) atoms. The van der Waals surface area contributed by atoms with Crippen LogP contribution in [0.15, 0.2) is 36.5 Å². The molecule has 0 aliphatic heterocycles. The van der Waals surface area contributed by atoms with Crippen molar-refractivity contribution in [2.75, 3.05) is 5.32 Å². The zero-order valence-corrected chi connectivity index (χ0v) is 10.7. The van der Waals surface area contributed by atoms with Crippen LogP contribution in [0.1, 0.15) is 6.92 Å². The Morgan fingerprint density at radius 3 is 2.75 bits per heavy atom. The maximum atomic E-state index is 11.1. The summed E-state index contributed by atoms with van der Waals surface area (Å²) in [5.74, 6) is 0.904. The van der Waals surface area contributed by atoms with Crippen LogP contribution in [-0.4, -0.2) is 31.3 Å². The van der Waals surface area contributed by atoms with Crippen molar-refractivity contribution in [3.05, 3.63) is 36.5 Å². The highest BCUT2D eigenvalue weighted by Crippen LogP contribution is 2.24. The number of carbonyl (C=O) groups is 1. The first-order valence-electron chi connectivity index (χ1n) is 6.03. The van der Waals surface area contributed by atoms with Crippen LogP contribution in [0, 0.1) is 0 Å². The Bertz CT molecular complexity index is 730. The summed E-state index contributed by atoms with van der Waals surface area (Å²) in [6, 6.07) is 9.61. The molecule has 1 amide bonds. The number of rotatable bonds is 3. The Hall–Kier alpha value is -2.96. The second kappa shape index (κ2) is 4.96. The fourth-order valence-corrected chi connectivity index (χ4v) is 1.84. The molecule has 2 heterocycles. The van der Waals surface area contributed by atoms with Crippen LogP contribution in [0.3, 0.4) is 0 Å². The number of nitrogens with zero attached hydrogens (tertiary/aromatic N) is 3. The molecule has 0 spiro atoms. The lowest BCUT2D eigenvalue weighted by Gasteiger charge is -1.98. The molecule has 0 unspecified atom stereocenters. The summed E-state index contributed by atoms with van der Waals surface area (Å²) in [4.78, 5) is 15.5. The quantitative estimate of drug-likeness (QED) is 0.674. The van der Waals surface area contributed by atoms with Crippen LogP contribution in [0.5, 0.6) is 0 Å². The fraction of sp³-hybridized carbons (Fsp3) is 0.0769. The van der Waals surface area contributed by atoms with E-state index < -0.39 is 0 Å². The van der Waals surface area contributed by atoms with Gasteiger partial charge in [0.25, 0.3) is 0 Å². The van der Waals surface area contributed by atoms with Gasteiger partial charge in [0.05, 0.1) is 5.69 Å². The molecule has 0 aliphatic carbocycles. The van der Waals surface area contributed by atoms with Gasteiger partial charge in [0.1, 0.15) is 0 Å². The molecular formula is C13H12N6O. The molecule has 3 aromatic rings. The van der Waals surface area contributed by atoms with Gasteiger partial charge < -0.3 is 5.32 Å². The van der Waals surface area contributed by atoms with Gasteiger partial charge in [0.2, 0.25) is 5.91 Å². The Balaban J connectivity index is 1.95. The molecule has 0 aliphatic rings.